The van der Waals surface area contributed by atoms with Crippen molar-refractivity contribution in [3.63, 3.8) is 0 Å². The lowest BCUT2D eigenvalue weighted by molar-refractivity contribution is 1.42. The molecule has 0 bridgehead atoms. The molecule has 0 fully saturated rings. The van der Waals surface area contributed by atoms with Gasteiger partial charge >= 0.3 is 0 Å². The summed E-state index contributed by atoms with van der Waals surface area (Å²) in [4.78, 5) is 4.41. The summed E-state index contributed by atoms with van der Waals surface area (Å²) >= 11 is 0. The van der Waals surface area contributed by atoms with E-state index in [0.29, 0.717) is 0 Å². The first kappa shape index (κ1) is 22.2. The second kappa shape index (κ2) is 8.90. The highest BCUT2D eigenvalue weighted by Crippen LogP contribution is 2.31. The van der Waals surface area contributed by atoms with E-state index in [1.165, 1.54) is 70.0 Å². The lowest BCUT2D eigenvalue weighted by Crippen LogP contribution is -2.21. The fraction of sp³-hybridized carbons (Fsp3) is 0. The molecule has 0 aliphatic carbocycles. The maximum absolute atomic E-state index is 4.41. The van der Waals surface area contributed by atoms with Crippen LogP contribution in [0.2, 0.25) is 0 Å². The zero-order valence-corrected chi connectivity index (χ0v) is 22.2. The van der Waals surface area contributed by atoms with Crippen LogP contribution in [0.5, 0.6) is 0 Å². The molecule has 8 aromatic rings. The Balaban J connectivity index is 0.000000122. The fourth-order valence-electron chi connectivity index (χ4n) is 5.93. The van der Waals surface area contributed by atoms with E-state index in [1.807, 2.05) is 12.3 Å². The molecule has 2 heterocycles. The summed E-state index contributed by atoms with van der Waals surface area (Å²) in [6, 6.07) is 48.0. The van der Waals surface area contributed by atoms with Crippen molar-refractivity contribution in [1.29, 1.82) is 0 Å². The maximum atomic E-state index is 4.41. The molecule has 9 rings (SSSR count). The highest BCUT2D eigenvalue weighted by Gasteiger charge is 2.23. The second-order valence-electron chi connectivity index (χ2n) is 10.1. The molecule has 1 nitrogen and oxygen atoms in total. The molecule has 1 aliphatic heterocycles. The predicted octanol–water partition coefficient (Wildman–Crippen LogP) is 8.17. The van der Waals surface area contributed by atoms with Gasteiger partial charge in [-0.25, -0.2) is 0 Å². The van der Waals surface area contributed by atoms with Gasteiger partial charge in [0.2, 0.25) is 0 Å². The van der Waals surface area contributed by atoms with Crippen LogP contribution in [-0.4, -0.2) is 14.5 Å². The Bertz CT molecular complexity index is 2070. The minimum atomic E-state index is 0.768. The van der Waals surface area contributed by atoms with Crippen LogP contribution in [0.25, 0.3) is 65.1 Å². The summed E-state index contributed by atoms with van der Waals surface area (Å²) in [5, 5.41) is 14.8. The Morgan fingerprint density at radius 1 is 0.436 bits per heavy atom. The van der Waals surface area contributed by atoms with Crippen molar-refractivity contribution >= 4 is 73.9 Å². The van der Waals surface area contributed by atoms with E-state index < -0.39 is 0 Å². The standard InChI is InChI=1S/C20H12Si.C17H11N/c1-3-7-15-13(5-1)10-12-18-19(15)17-11-9-14-6-2-4-8-16(14)20(17)21-18;1-2-5-13-9-16-11-17-14(6-3-7-18-17)10-15(16)8-12(13)4-1/h1-12H;1-11H. The minimum absolute atomic E-state index is 0.768. The summed E-state index contributed by atoms with van der Waals surface area (Å²) in [7, 11) is 0.768. The minimum Gasteiger partial charge on any atom is -0.256 e. The van der Waals surface area contributed by atoms with Gasteiger partial charge in [-0.1, -0.05) is 103 Å². The van der Waals surface area contributed by atoms with Crippen molar-refractivity contribution in [2.24, 2.45) is 0 Å². The number of fused-ring (bicyclic) bond motifs is 10. The van der Waals surface area contributed by atoms with Crippen molar-refractivity contribution in [2.75, 3.05) is 0 Å². The molecule has 2 radical (unpaired) electrons. The van der Waals surface area contributed by atoms with Crippen LogP contribution in [0, 0.1) is 0 Å². The summed E-state index contributed by atoms with van der Waals surface area (Å²) in [6.45, 7) is 0. The van der Waals surface area contributed by atoms with Gasteiger partial charge in [0, 0.05) is 11.6 Å². The normalized spacial score (nSPS) is 12.0. The first-order valence-electron chi connectivity index (χ1n) is 13.3. The largest absolute Gasteiger partial charge is 0.256 e. The third kappa shape index (κ3) is 3.72. The molecule has 7 aromatic carbocycles. The van der Waals surface area contributed by atoms with Crippen molar-refractivity contribution in [1.82, 2.24) is 4.98 Å². The highest BCUT2D eigenvalue weighted by molar-refractivity contribution is 6.76. The van der Waals surface area contributed by atoms with Crippen LogP contribution in [0.1, 0.15) is 0 Å². The van der Waals surface area contributed by atoms with Gasteiger partial charge in [-0.05, 0) is 94.9 Å². The number of aromatic nitrogens is 1. The number of benzene rings is 7. The molecule has 0 N–H and O–H groups in total. The predicted molar refractivity (Wildman–Crippen MR) is 169 cm³/mol. The van der Waals surface area contributed by atoms with Crippen molar-refractivity contribution in [3.8, 4) is 11.1 Å². The first-order valence-corrected chi connectivity index (χ1v) is 14.3. The zero-order valence-electron chi connectivity index (χ0n) is 21.2. The summed E-state index contributed by atoms with van der Waals surface area (Å²) < 4.78 is 0. The zero-order chi connectivity index (χ0) is 25.8. The third-order valence-electron chi connectivity index (χ3n) is 7.81. The SMILES string of the molecule is c1ccc2c3c(ccc2c1)-c1c(ccc2ccccc12)[Si]3.c1ccc2cc3cc4ncccc4cc3cc2c1. The van der Waals surface area contributed by atoms with Crippen molar-refractivity contribution in [3.05, 3.63) is 140 Å². The van der Waals surface area contributed by atoms with Gasteiger partial charge in [0.1, 0.15) is 9.52 Å². The molecule has 1 aliphatic rings. The Morgan fingerprint density at radius 3 is 1.82 bits per heavy atom. The molecule has 0 spiro atoms. The molecule has 39 heavy (non-hydrogen) atoms. The average molecular weight is 510 g/mol. The number of pyridine rings is 1. The van der Waals surface area contributed by atoms with Gasteiger partial charge in [-0.15, -0.1) is 0 Å². The molecule has 0 atom stereocenters. The van der Waals surface area contributed by atoms with E-state index in [-0.39, 0.29) is 0 Å². The number of hydrogen-bond acceptors (Lipinski definition) is 1. The third-order valence-corrected chi connectivity index (χ3v) is 9.29. The molecule has 0 saturated carbocycles. The average Bonchev–Trinajstić information content (AvgIpc) is 3.39. The van der Waals surface area contributed by atoms with Crippen molar-refractivity contribution in [2.45, 2.75) is 0 Å². The van der Waals surface area contributed by atoms with Crippen LogP contribution in [-0.2, 0) is 0 Å². The second-order valence-corrected chi connectivity index (χ2v) is 11.4. The summed E-state index contributed by atoms with van der Waals surface area (Å²) in [5.41, 5.74) is 3.94. The van der Waals surface area contributed by atoms with E-state index in [2.05, 4.69) is 132 Å². The molecule has 1 aromatic heterocycles. The number of rotatable bonds is 0. The molecule has 0 unspecified atom stereocenters. The Labute approximate surface area is 229 Å². The van der Waals surface area contributed by atoms with E-state index in [9.17, 15) is 0 Å². The molecule has 0 saturated heterocycles. The highest BCUT2D eigenvalue weighted by atomic mass is 28.2. The van der Waals surface area contributed by atoms with Gasteiger partial charge < -0.3 is 0 Å². The fourth-order valence-corrected chi connectivity index (χ4v) is 7.46. The topological polar surface area (TPSA) is 12.9 Å². The number of nitrogens with zero attached hydrogens (tertiary/aromatic N) is 1. The van der Waals surface area contributed by atoms with E-state index in [0.717, 1.165) is 15.0 Å². The maximum Gasteiger partial charge on any atom is 0.124 e. The Kier molecular flexibility index (Phi) is 5.07. The monoisotopic (exact) mass is 509 g/mol. The Hall–Kier alpha value is -4.79. The van der Waals surface area contributed by atoms with Crippen LogP contribution >= 0.6 is 0 Å². The lowest BCUT2D eigenvalue weighted by Gasteiger charge is -2.08. The van der Waals surface area contributed by atoms with Gasteiger partial charge in [0.15, 0.2) is 0 Å². The summed E-state index contributed by atoms with van der Waals surface area (Å²) in [5.74, 6) is 0. The Morgan fingerprint density at radius 2 is 1.03 bits per heavy atom. The lowest BCUT2D eigenvalue weighted by atomic mass is 9.96. The molecule has 180 valence electrons. The van der Waals surface area contributed by atoms with E-state index >= 15 is 0 Å². The first-order chi connectivity index (χ1) is 19.3. The van der Waals surface area contributed by atoms with Crippen LogP contribution in [0.15, 0.2) is 140 Å². The van der Waals surface area contributed by atoms with Gasteiger partial charge in [0.25, 0.3) is 0 Å². The van der Waals surface area contributed by atoms with Crippen LogP contribution < -0.4 is 10.4 Å². The van der Waals surface area contributed by atoms with Crippen LogP contribution in [0.4, 0.5) is 0 Å². The van der Waals surface area contributed by atoms with E-state index in [4.69, 9.17) is 0 Å². The molecular weight excluding hydrogens is 487 g/mol. The van der Waals surface area contributed by atoms with Gasteiger partial charge in [-0.2, -0.15) is 0 Å². The number of hydrogen-bond donors (Lipinski definition) is 0. The van der Waals surface area contributed by atoms with Crippen molar-refractivity contribution < 1.29 is 0 Å². The van der Waals surface area contributed by atoms with Gasteiger partial charge in [0.05, 0.1) is 5.52 Å². The quantitative estimate of drug-likeness (QED) is 0.148. The molecule has 2 heteroatoms. The summed E-state index contributed by atoms with van der Waals surface area (Å²) in [6.07, 6.45) is 1.84. The smallest absolute Gasteiger partial charge is 0.124 e. The van der Waals surface area contributed by atoms with Crippen LogP contribution in [0.3, 0.4) is 0 Å². The molecular formula is C37H23NSi. The molecule has 0 amide bonds. The van der Waals surface area contributed by atoms with Gasteiger partial charge in [-0.3, -0.25) is 4.98 Å². The van der Waals surface area contributed by atoms with E-state index in [1.54, 1.807) is 0 Å².